The van der Waals surface area contributed by atoms with Gasteiger partial charge in [0.1, 0.15) is 23.5 Å². The predicted octanol–water partition coefficient (Wildman–Crippen LogP) is 4.37. The van der Waals surface area contributed by atoms with Crippen LogP contribution >= 0.6 is 0 Å². The molecule has 8 unspecified atom stereocenters. The molecule has 0 radical (unpaired) electrons. The van der Waals surface area contributed by atoms with Crippen molar-refractivity contribution in [1.29, 1.82) is 0 Å². The van der Waals surface area contributed by atoms with Gasteiger partial charge in [-0.2, -0.15) is 0 Å². The van der Waals surface area contributed by atoms with Gasteiger partial charge >= 0.3 is 5.97 Å². The summed E-state index contributed by atoms with van der Waals surface area (Å²) in [6.07, 6.45) is 10.1. The summed E-state index contributed by atoms with van der Waals surface area (Å²) in [7, 11) is 0. The maximum Gasteiger partial charge on any atom is 0.302 e. The van der Waals surface area contributed by atoms with E-state index in [1.165, 1.54) is 19.6 Å². The van der Waals surface area contributed by atoms with Crippen molar-refractivity contribution in [3.63, 3.8) is 0 Å². The van der Waals surface area contributed by atoms with Gasteiger partial charge in [0.05, 0.1) is 35.8 Å². The highest BCUT2D eigenvalue weighted by atomic mass is 16.6. The van der Waals surface area contributed by atoms with Crippen LogP contribution in [-0.2, 0) is 23.9 Å². The van der Waals surface area contributed by atoms with E-state index in [1.807, 2.05) is 19.9 Å². The number of hydrogen-bond donors (Lipinski definition) is 3. The minimum atomic E-state index is -1.17. The molecular weight excluding hydrogens is 578 g/mol. The molecule has 8 atom stereocenters. The number of epoxide rings is 1. The molecule has 0 bridgehead atoms. The van der Waals surface area contributed by atoms with Crippen LogP contribution < -0.4 is 5.73 Å². The summed E-state index contributed by atoms with van der Waals surface area (Å²) in [4.78, 5) is 54.0. The third kappa shape index (κ3) is 3.51. The summed E-state index contributed by atoms with van der Waals surface area (Å²) in [5.74, 6) is -1.40. The molecule has 1 spiro atoms. The van der Waals surface area contributed by atoms with Crippen LogP contribution in [0.2, 0.25) is 0 Å². The third-order valence-corrected chi connectivity index (χ3v) is 11.6. The Kier molecular flexibility index (Phi) is 5.96. The van der Waals surface area contributed by atoms with E-state index in [0.29, 0.717) is 35.4 Å². The van der Waals surface area contributed by atoms with Crippen molar-refractivity contribution in [2.75, 3.05) is 5.73 Å². The molecule has 1 aliphatic heterocycles. The van der Waals surface area contributed by atoms with Gasteiger partial charge in [-0.25, -0.2) is 15.0 Å². The fourth-order valence-electron chi connectivity index (χ4n) is 10.0. The second-order valence-corrected chi connectivity index (χ2v) is 14.2. The highest BCUT2D eigenvalue weighted by Gasteiger charge is 2.88. The molecule has 3 aromatic heterocycles. The third-order valence-electron chi connectivity index (χ3n) is 11.6. The Morgan fingerprint density at radius 2 is 1.91 bits per heavy atom. The summed E-state index contributed by atoms with van der Waals surface area (Å²) in [5.41, 5.74) is 3.72. The lowest BCUT2D eigenvalue weighted by molar-refractivity contribution is -0.200. The van der Waals surface area contributed by atoms with Gasteiger partial charge in [-0.1, -0.05) is 19.9 Å². The molecule has 45 heavy (non-hydrogen) atoms. The average molecular weight is 616 g/mol. The number of carbonyl (C=O) groups is 3. The first-order chi connectivity index (χ1) is 21.1. The second kappa shape index (κ2) is 9.12. The number of Topliss-reactive ketones (excluding diaryl/α,β-unsaturated/α-hetero) is 1. The van der Waals surface area contributed by atoms with Gasteiger partial charge in [-0.15, -0.1) is 0 Å². The number of fused-ring (bicyclic) bond motifs is 4. The number of aliphatic hydroxyl groups excluding tert-OH is 1. The summed E-state index contributed by atoms with van der Waals surface area (Å²) < 4.78 is 17.9. The van der Waals surface area contributed by atoms with Crippen molar-refractivity contribution in [1.82, 2.24) is 19.9 Å². The van der Waals surface area contributed by atoms with Gasteiger partial charge in [-0.05, 0) is 62.8 Å². The molecule has 4 heterocycles. The molecule has 8 rings (SSSR count). The largest absolute Gasteiger partial charge is 0.504 e. The Morgan fingerprint density at radius 3 is 2.58 bits per heavy atom. The zero-order valence-electron chi connectivity index (χ0n) is 26.1. The molecule has 12 nitrogen and oxygen atoms in total. The van der Waals surface area contributed by atoms with Crippen LogP contribution in [0.3, 0.4) is 0 Å². The van der Waals surface area contributed by atoms with Crippen LogP contribution in [0.1, 0.15) is 65.9 Å². The van der Waals surface area contributed by atoms with Crippen LogP contribution in [0.15, 0.2) is 59.1 Å². The number of anilines is 1. The van der Waals surface area contributed by atoms with Crippen molar-refractivity contribution in [2.24, 2.45) is 27.6 Å². The molecule has 4 N–H and O–H groups in total. The van der Waals surface area contributed by atoms with Crippen molar-refractivity contribution in [3.8, 4) is 0 Å². The Hall–Kier alpha value is -4.32. The number of ketones is 2. The summed E-state index contributed by atoms with van der Waals surface area (Å²) >= 11 is 0. The summed E-state index contributed by atoms with van der Waals surface area (Å²) in [6, 6.07) is 1.95. The van der Waals surface area contributed by atoms with Gasteiger partial charge in [0.25, 0.3) is 0 Å². The van der Waals surface area contributed by atoms with E-state index in [-0.39, 0.29) is 23.6 Å². The van der Waals surface area contributed by atoms with Gasteiger partial charge in [0, 0.05) is 23.7 Å². The molecule has 0 amide bonds. The van der Waals surface area contributed by atoms with E-state index in [4.69, 9.17) is 19.6 Å². The van der Waals surface area contributed by atoms with E-state index < -0.39 is 51.0 Å². The number of hydrogen-bond acceptors (Lipinski definition) is 11. The Balaban J connectivity index is 0.000000275. The van der Waals surface area contributed by atoms with E-state index in [1.54, 1.807) is 38.5 Å². The van der Waals surface area contributed by atoms with E-state index in [9.17, 15) is 19.5 Å². The first-order valence-corrected chi connectivity index (χ1v) is 15.1. The van der Waals surface area contributed by atoms with E-state index >= 15 is 0 Å². The number of imidazole rings is 1. The lowest BCUT2D eigenvalue weighted by Gasteiger charge is -2.64. The molecule has 12 heteroatoms. The average Bonchev–Trinajstić information content (AvgIpc) is 3.31. The number of aromatic amines is 1. The number of nitrogens with one attached hydrogen (secondary N) is 1. The topological polar surface area (TPSA) is 187 Å². The molecule has 5 aliphatic rings. The molecular formula is C33H37N5O7. The SMILES string of the molecule is CC(=O)OC1CC2(C)C(c3ccoc3)CC3OC32C2(C)C(=O)C(O)=C3C(C)(C)C(=O)C=CC3(C)C12.Nc1ncnc2nc[nH]c12. The van der Waals surface area contributed by atoms with Gasteiger partial charge in [0.15, 0.2) is 23.0 Å². The number of H-pyrrole nitrogens is 1. The van der Waals surface area contributed by atoms with Crippen LogP contribution in [0.4, 0.5) is 5.82 Å². The van der Waals surface area contributed by atoms with Gasteiger partial charge in [-0.3, -0.25) is 14.4 Å². The number of nitrogen functional groups attached to an aromatic ring is 1. The zero-order chi connectivity index (χ0) is 32.3. The minimum Gasteiger partial charge on any atom is -0.504 e. The number of allylic oxidation sites excluding steroid dienone is 4. The standard InChI is InChI=1S/C28H32O7.C5H5N5/c1-14(29)34-17-12-26(5)16(15-8-10-33-13-15)11-19-28(26,35-19)27(6)21(17)25(4)9-7-18(30)24(2,3)22(25)20(31)23(27)32;6-4-3-5(9-1-7-3)10-2-8-4/h7-10,13,16-17,19,21,31H,11-12H2,1-6H3;1-2H,(H3,6,7,8,9,10). The number of nitrogens with two attached hydrogens (primary N) is 1. The molecule has 3 fully saturated rings. The van der Waals surface area contributed by atoms with Crippen molar-refractivity contribution in [3.05, 3.63) is 60.3 Å². The number of carbonyl (C=O) groups excluding carboxylic acids is 3. The first-order valence-electron chi connectivity index (χ1n) is 15.1. The summed E-state index contributed by atoms with van der Waals surface area (Å²) in [6.45, 7) is 10.8. The highest BCUT2D eigenvalue weighted by molar-refractivity contribution is 6.06. The van der Waals surface area contributed by atoms with Crippen molar-refractivity contribution < 1.29 is 33.4 Å². The summed E-state index contributed by atoms with van der Waals surface area (Å²) in [5, 5.41) is 11.5. The lowest BCUT2D eigenvalue weighted by Crippen LogP contribution is -2.70. The van der Waals surface area contributed by atoms with Gasteiger partial charge in [0.2, 0.25) is 5.78 Å². The first kappa shape index (κ1) is 29.4. The van der Waals surface area contributed by atoms with Crippen molar-refractivity contribution >= 4 is 34.5 Å². The van der Waals surface area contributed by atoms with Crippen molar-refractivity contribution in [2.45, 2.75) is 78.1 Å². The van der Waals surface area contributed by atoms with Crippen LogP contribution in [-0.4, -0.2) is 60.4 Å². The molecule has 2 saturated carbocycles. The number of rotatable bonds is 2. The normalized spacial score (nSPS) is 38.9. The quantitative estimate of drug-likeness (QED) is 0.274. The number of aliphatic hydroxyl groups is 1. The Morgan fingerprint density at radius 1 is 1.16 bits per heavy atom. The molecule has 4 aliphatic carbocycles. The second-order valence-electron chi connectivity index (χ2n) is 14.2. The molecule has 0 aromatic carbocycles. The fourth-order valence-corrected chi connectivity index (χ4v) is 10.0. The predicted molar refractivity (Wildman–Crippen MR) is 160 cm³/mol. The van der Waals surface area contributed by atoms with E-state index in [2.05, 4.69) is 26.9 Å². The lowest BCUT2D eigenvalue weighted by atomic mass is 9.38. The number of aromatic nitrogens is 4. The number of ether oxygens (including phenoxy) is 2. The van der Waals surface area contributed by atoms with Crippen LogP contribution in [0.5, 0.6) is 0 Å². The molecule has 3 aromatic rings. The maximum absolute atomic E-state index is 14.3. The Bertz CT molecular complexity index is 1830. The number of esters is 1. The molecule has 1 saturated heterocycles. The minimum absolute atomic E-state index is 0.0453. The van der Waals surface area contributed by atoms with E-state index in [0.717, 1.165) is 5.56 Å². The van der Waals surface area contributed by atoms with Crippen LogP contribution in [0.25, 0.3) is 11.2 Å². The highest BCUT2D eigenvalue weighted by Crippen LogP contribution is 2.81. The Labute approximate surface area is 259 Å². The zero-order valence-corrected chi connectivity index (χ0v) is 26.1. The maximum atomic E-state index is 14.3. The number of furan rings is 1. The van der Waals surface area contributed by atoms with Crippen LogP contribution in [0, 0.1) is 27.6 Å². The fraction of sp³-hybridized carbons (Fsp3) is 0.515. The number of nitrogens with zero attached hydrogens (tertiary/aromatic N) is 3. The smallest absolute Gasteiger partial charge is 0.302 e. The monoisotopic (exact) mass is 615 g/mol. The molecule has 236 valence electrons. The van der Waals surface area contributed by atoms with Gasteiger partial charge < -0.3 is 29.7 Å².